The molecule has 2 rings (SSSR count). The van der Waals surface area contributed by atoms with Gasteiger partial charge in [-0.2, -0.15) is 5.10 Å². The number of rotatable bonds is 7. The van der Waals surface area contributed by atoms with Gasteiger partial charge in [-0.25, -0.2) is 4.79 Å². The zero-order valence-electron chi connectivity index (χ0n) is 16.1. The molecule has 0 aliphatic heterocycles. The van der Waals surface area contributed by atoms with E-state index in [2.05, 4.69) is 24.3 Å². The molecule has 0 aliphatic rings. The standard InChI is InChI=1S/C20H27N3O3/c1-12(2)11-23-15(5)18(14(4)22-23)8-9-19(24)21-16-6-7-17(20(25)26)13(3)10-16/h6-7,10,12H,8-9,11H2,1-5H3,(H,21,24)(H,25,26). The zero-order chi connectivity index (χ0) is 19.4. The van der Waals surface area contributed by atoms with Gasteiger partial charge in [0.05, 0.1) is 11.3 Å². The Morgan fingerprint density at radius 1 is 1.23 bits per heavy atom. The summed E-state index contributed by atoms with van der Waals surface area (Å²) in [5.74, 6) is -0.547. The Hall–Kier alpha value is -2.63. The highest BCUT2D eigenvalue weighted by Gasteiger charge is 2.14. The van der Waals surface area contributed by atoms with E-state index in [0.717, 1.165) is 23.5 Å². The Bertz CT molecular complexity index is 822. The number of hydrogen-bond acceptors (Lipinski definition) is 3. The number of carbonyl (C=O) groups is 2. The lowest BCUT2D eigenvalue weighted by molar-refractivity contribution is -0.116. The largest absolute Gasteiger partial charge is 0.478 e. The number of aryl methyl sites for hydroxylation is 2. The second kappa shape index (κ2) is 8.17. The number of amides is 1. The number of nitrogens with one attached hydrogen (secondary N) is 1. The lowest BCUT2D eigenvalue weighted by atomic mass is 10.1. The minimum Gasteiger partial charge on any atom is -0.478 e. The number of aromatic carboxylic acids is 1. The van der Waals surface area contributed by atoms with E-state index < -0.39 is 5.97 Å². The molecule has 0 fully saturated rings. The van der Waals surface area contributed by atoms with Crippen molar-refractivity contribution >= 4 is 17.6 Å². The molecule has 0 spiro atoms. The van der Waals surface area contributed by atoms with Crippen LogP contribution in [0.5, 0.6) is 0 Å². The van der Waals surface area contributed by atoms with E-state index in [4.69, 9.17) is 5.11 Å². The second-order valence-electron chi connectivity index (χ2n) is 7.11. The molecule has 0 saturated heterocycles. The summed E-state index contributed by atoms with van der Waals surface area (Å²) in [5.41, 5.74) is 4.69. The number of nitrogens with zero attached hydrogens (tertiary/aromatic N) is 2. The van der Waals surface area contributed by atoms with Crippen molar-refractivity contribution in [2.24, 2.45) is 5.92 Å². The van der Waals surface area contributed by atoms with Crippen LogP contribution in [-0.2, 0) is 17.8 Å². The number of carboxylic acids is 1. The van der Waals surface area contributed by atoms with E-state index in [9.17, 15) is 9.59 Å². The van der Waals surface area contributed by atoms with Crippen LogP contribution >= 0.6 is 0 Å². The molecule has 0 saturated carbocycles. The molecule has 6 nitrogen and oxygen atoms in total. The van der Waals surface area contributed by atoms with E-state index >= 15 is 0 Å². The molecule has 140 valence electrons. The van der Waals surface area contributed by atoms with E-state index in [1.807, 2.05) is 18.5 Å². The normalized spacial score (nSPS) is 11.0. The van der Waals surface area contributed by atoms with Gasteiger partial charge in [-0.3, -0.25) is 9.48 Å². The van der Waals surface area contributed by atoms with Gasteiger partial charge in [0.25, 0.3) is 0 Å². The first-order valence-electron chi connectivity index (χ1n) is 8.85. The number of anilines is 1. The third-order valence-corrected chi connectivity index (χ3v) is 4.41. The van der Waals surface area contributed by atoms with Crippen LogP contribution in [0.25, 0.3) is 0 Å². The SMILES string of the molecule is Cc1cc(NC(=O)CCc2c(C)nn(CC(C)C)c2C)ccc1C(=O)O. The Morgan fingerprint density at radius 2 is 1.92 bits per heavy atom. The first-order chi connectivity index (χ1) is 12.2. The fourth-order valence-electron chi connectivity index (χ4n) is 3.06. The van der Waals surface area contributed by atoms with Crippen molar-refractivity contribution in [1.29, 1.82) is 0 Å². The molecule has 0 aliphatic carbocycles. The first kappa shape index (κ1) is 19.7. The zero-order valence-corrected chi connectivity index (χ0v) is 16.1. The first-order valence-corrected chi connectivity index (χ1v) is 8.85. The van der Waals surface area contributed by atoms with Crippen LogP contribution in [0.4, 0.5) is 5.69 Å². The molecule has 26 heavy (non-hydrogen) atoms. The van der Waals surface area contributed by atoms with E-state index in [0.29, 0.717) is 30.0 Å². The van der Waals surface area contributed by atoms with E-state index in [1.165, 1.54) is 6.07 Å². The van der Waals surface area contributed by atoms with Crippen LogP contribution in [-0.4, -0.2) is 26.8 Å². The summed E-state index contributed by atoms with van der Waals surface area (Å²) in [4.78, 5) is 23.3. The molecule has 1 amide bonds. The molecule has 1 heterocycles. The summed E-state index contributed by atoms with van der Waals surface area (Å²) in [5, 5.41) is 16.5. The number of benzene rings is 1. The van der Waals surface area contributed by atoms with Crippen molar-refractivity contribution in [1.82, 2.24) is 9.78 Å². The Labute approximate surface area is 154 Å². The molecule has 0 bridgehead atoms. The number of carbonyl (C=O) groups excluding carboxylic acids is 1. The summed E-state index contributed by atoms with van der Waals surface area (Å²) in [6, 6.07) is 4.81. The molecule has 0 radical (unpaired) electrons. The minimum atomic E-state index is -0.968. The smallest absolute Gasteiger partial charge is 0.335 e. The van der Waals surface area contributed by atoms with Gasteiger partial charge in [0, 0.05) is 24.3 Å². The molecule has 1 aromatic carbocycles. The van der Waals surface area contributed by atoms with Crippen LogP contribution in [0.2, 0.25) is 0 Å². The summed E-state index contributed by atoms with van der Waals surface area (Å²) < 4.78 is 2.02. The molecule has 1 aromatic heterocycles. The van der Waals surface area contributed by atoms with Crippen molar-refractivity contribution in [2.75, 3.05) is 5.32 Å². The Balaban J connectivity index is 2.00. The molecule has 2 N–H and O–H groups in total. The maximum atomic E-state index is 12.3. The van der Waals surface area contributed by atoms with Gasteiger partial charge < -0.3 is 10.4 Å². The fourth-order valence-corrected chi connectivity index (χ4v) is 3.06. The van der Waals surface area contributed by atoms with E-state index in [1.54, 1.807) is 19.1 Å². The van der Waals surface area contributed by atoms with Gasteiger partial charge in [0.15, 0.2) is 0 Å². The molecular formula is C20H27N3O3. The molecule has 0 unspecified atom stereocenters. The topological polar surface area (TPSA) is 84.2 Å². The molecular weight excluding hydrogens is 330 g/mol. The second-order valence-corrected chi connectivity index (χ2v) is 7.11. The number of aromatic nitrogens is 2. The lowest BCUT2D eigenvalue weighted by Crippen LogP contribution is -2.13. The summed E-state index contributed by atoms with van der Waals surface area (Å²) in [7, 11) is 0. The summed E-state index contributed by atoms with van der Waals surface area (Å²) >= 11 is 0. The minimum absolute atomic E-state index is 0.0946. The van der Waals surface area contributed by atoms with Crippen molar-refractivity contribution in [3.8, 4) is 0 Å². The summed E-state index contributed by atoms with van der Waals surface area (Å²) in [6.07, 6.45) is 0.989. The lowest BCUT2D eigenvalue weighted by Gasteiger charge is -2.09. The average molecular weight is 357 g/mol. The van der Waals surface area contributed by atoms with Crippen LogP contribution in [0.15, 0.2) is 18.2 Å². The van der Waals surface area contributed by atoms with Gasteiger partial charge in [-0.1, -0.05) is 13.8 Å². The third-order valence-electron chi connectivity index (χ3n) is 4.41. The van der Waals surface area contributed by atoms with Crippen LogP contribution in [0.1, 0.15) is 53.1 Å². The van der Waals surface area contributed by atoms with Gasteiger partial charge in [0.1, 0.15) is 0 Å². The Morgan fingerprint density at radius 3 is 2.50 bits per heavy atom. The fraction of sp³-hybridized carbons (Fsp3) is 0.450. The maximum Gasteiger partial charge on any atom is 0.335 e. The molecule has 0 atom stereocenters. The van der Waals surface area contributed by atoms with Gasteiger partial charge in [-0.15, -0.1) is 0 Å². The molecule has 2 aromatic rings. The highest BCUT2D eigenvalue weighted by Crippen LogP contribution is 2.18. The van der Waals surface area contributed by atoms with Crippen LogP contribution in [0.3, 0.4) is 0 Å². The highest BCUT2D eigenvalue weighted by molar-refractivity contribution is 5.93. The van der Waals surface area contributed by atoms with Crippen molar-refractivity contribution in [3.05, 3.63) is 46.3 Å². The van der Waals surface area contributed by atoms with Crippen molar-refractivity contribution < 1.29 is 14.7 Å². The predicted molar refractivity (Wildman–Crippen MR) is 102 cm³/mol. The predicted octanol–water partition coefficient (Wildman–Crippen LogP) is 3.73. The van der Waals surface area contributed by atoms with Crippen molar-refractivity contribution in [3.63, 3.8) is 0 Å². The Kier molecular flexibility index (Phi) is 6.18. The molecule has 6 heteroatoms. The summed E-state index contributed by atoms with van der Waals surface area (Å²) in [6.45, 7) is 10.9. The van der Waals surface area contributed by atoms with Gasteiger partial charge in [-0.05, 0) is 62.4 Å². The van der Waals surface area contributed by atoms with E-state index in [-0.39, 0.29) is 11.5 Å². The highest BCUT2D eigenvalue weighted by atomic mass is 16.4. The quantitative estimate of drug-likeness (QED) is 0.791. The van der Waals surface area contributed by atoms with Crippen molar-refractivity contribution in [2.45, 2.75) is 54.0 Å². The number of hydrogen-bond donors (Lipinski definition) is 2. The third kappa shape index (κ3) is 4.71. The van der Waals surface area contributed by atoms with Crippen LogP contribution < -0.4 is 5.32 Å². The van der Waals surface area contributed by atoms with Gasteiger partial charge in [0.2, 0.25) is 5.91 Å². The average Bonchev–Trinajstić information content (AvgIpc) is 2.78. The van der Waals surface area contributed by atoms with Gasteiger partial charge >= 0.3 is 5.97 Å². The monoisotopic (exact) mass is 357 g/mol. The maximum absolute atomic E-state index is 12.3. The number of carboxylic acid groups (broad SMARTS) is 1. The van der Waals surface area contributed by atoms with Crippen LogP contribution in [0, 0.1) is 26.7 Å².